The summed E-state index contributed by atoms with van der Waals surface area (Å²) in [5.41, 5.74) is 0. The van der Waals surface area contributed by atoms with Crippen molar-refractivity contribution >= 4 is 11.8 Å². The van der Waals surface area contributed by atoms with Crippen molar-refractivity contribution in [2.45, 2.75) is 19.1 Å². The van der Waals surface area contributed by atoms with E-state index >= 15 is 0 Å². The quantitative estimate of drug-likeness (QED) is 0.505. The zero-order chi connectivity index (χ0) is 10.3. The van der Waals surface area contributed by atoms with Gasteiger partial charge in [-0.3, -0.25) is 9.59 Å². The molecule has 2 atom stereocenters. The van der Waals surface area contributed by atoms with Crippen LogP contribution in [0.2, 0.25) is 0 Å². The van der Waals surface area contributed by atoms with Crippen LogP contribution in [0.15, 0.2) is 0 Å². The van der Waals surface area contributed by atoms with Gasteiger partial charge in [0.15, 0.2) is 0 Å². The number of carbonyl (C=O) groups excluding carboxylic acids is 2. The normalized spacial score (nSPS) is 32.0. The topological polar surface area (TPSA) is 49.9 Å². The Morgan fingerprint density at radius 3 is 2.86 bits per heavy atom. The highest BCUT2D eigenvalue weighted by Crippen LogP contribution is 2.21. The fourth-order valence-corrected chi connectivity index (χ4v) is 2.01. The minimum Gasteiger partial charge on any atom is -0.364 e. The Labute approximate surface area is 82.6 Å². The monoisotopic (exact) mass is 198 g/mol. The third kappa shape index (κ3) is 1.37. The zero-order valence-corrected chi connectivity index (χ0v) is 8.40. The van der Waals surface area contributed by atoms with Gasteiger partial charge < -0.3 is 14.5 Å². The Morgan fingerprint density at radius 2 is 2.21 bits per heavy atom. The Bertz CT molecular complexity index is 279. The first-order valence-corrected chi connectivity index (χ1v) is 4.72. The SMILES string of the molecule is CC(=O)N1C[C@@H]2OCC(=O)N(C)[C@@H]2C1. The highest BCUT2D eigenvalue weighted by Gasteiger charge is 2.42. The number of fused-ring (bicyclic) bond motifs is 1. The van der Waals surface area contributed by atoms with Crippen molar-refractivity contribution < 1.29 is 14.3 Å². The van der Waals surface area contributed by atoms with E-state index in [1.807, 2.05) is 0 Å². The highest BCUT2D eigenvalue weighted by molar-refractivity contribution is 5.79. The first-order chi connectivity index (χ1) is 6.59. The molecule has 2 heterocycles. The molecular formula is C9H14N2O3. The summed E-state index contributed by atoms with van der Waals surface area (Å²) in [5, 5.41) is 0. The van der Waals surface area contributed by atoms with E-state index in [-0.39, 0.29) is 30.6 Å². The maximum atomic E-state index is 11.3. The van der Waals surface area contributed by atoms with Gasteiger partial charge in [-0.05, 0) is 0 Å². The summed E-state index contributed by atoms with van der Waals surface area (Å²) in [6.45, 7) is 2.89. The first kappa shape index (κ1) is 9.45. The van der Waals surface area contributed by atoms with Crippen LogP contribution < -0.4 is 0 Å². The van der Waals surface area contributed by atoms with Gasteiger partial charge in [0, 0.05) is 27.1 Å². The average Bonchev–Trinajstić information content (AvgIpc) is 2.56. The van der Waals surface area contributed by atoms with Crippen molar-refractivity contribution in [1.29, 1.82) is 0 Å². The molecule has 0 saturated carbocycles. The van der Waals surface area contributed by atoms with Crippen molar-refractivity contribution in [2.75, 3.05) is 26.7 Å². The van der Waals surface area contributed by atoms with E-state index < -0.39 is 0 Å². The van der Waals surface area contributed by atoms with Crippen LogP contribution in [0.25, 0.3) is 0 Å². The van der Waals surface area contributed by atoms with E-state index in [4.69, 9.17) is 4.74 Å². The molecule has 0 aliphatic carbocycles. The van der Waals surface area contributed by atoms with Crippen LogP contribution in [0, 0.1) is 0 Å². The van der Waals surface area contributed by atoms with Gasteiger partial charge in [-0.25, -0.2) is 0 Å². The number of hydrogen-bond donors (Lipinski definition) is 0. The minimum atomic E-state index is -0.00310. The lowest BCUT2D eigenvalue weighted by Crippen LogP contribution is -2.51. The van der Waals surface area contributed by atoms with Crippen LogP contribution in [0.3, 0.4) is 0 Å². The van der Waals surface area contributed by atoms with E-state index in [0.29, 0.717) is 13.1 Å². The summed E-state index contributed by atoms with van der Waals surface area (Å²) >= 11 is 0. The molecule has 2 saturated heterocycles. The minimum absolute atomic E-state index is 0.00148. The van der Waals surface area contributed by atoms with Crippen molar-refractivity contribution in [3.63, 3.8) is 0 Å². The van der Waals surface area contributed by atoms with Gasteiger partial charge in [0.05, 0.1) is 12.1 Å². The summed E-state index contributed by atoms with van der Waals surface area (Å²) in [5.74, 6) is 0.0421. The van der Waals surface area contributed by atoms with Gasteiger partial charge in [-0.1, -0.05) is 0 Å². The Balaban J connectivity index is 2.10. The standard InChI is InChI=1S/C9H14N2O3/c1-6(12)11-3-7-8(4-11)14-5-9(13)10(7)2/h7-8H,3-5H2,1-2H3/t7-,8+/m1/s1. The molecule has 0 bridgehead atoms. The lowest BCUT2D eigenvalue weighted by Gasteiger charge is -2.33. The summed E-state index contributed by atoms with van der Waals surface area (Å²) in [6, 6.07) is 0.0418. The molecule has 2 amide bonds. The Hall–Kier alpha value is -1.10. The average molecular weight is 198 g/mol. The number of ether oxygens (including phenoxy) is 1. The molecule has 0 N–H and O–H groups in total. The molecule has 78 valence electrons. The zero-order valence-electron chi connectivity index (χ0n) is 8.40. The maximum absolute atomic E-state index is 11.3. The third-order valence-corrected chi connectivity index (χ3v) is 2.99. The molecule has 0 radical (unpaired) electrons. The smallest absolute Gasteiger partial charge is 0.248 e. The molecule has 5 nitrogen and oxygen atoms in total. The van der Waals surface area contributed by atoms with Crippen LogP contribution >= 0.6 is 0 Å². The molecular weight excluding hydrogens is 184 g/mol. The van der Waals surface area contributed by atoms with Gasteiger partial charge in [0.25, 0.3) is 0 Å². The fourth-order valence-electron chi connectivity index (χ4n) is 2.01. The van der Waals surface area contributed by atoms with Crippen LogP contribution in [-0.4, -0.2) is 60.5 Å². The fraction of sp³-hybridized carbons (Fsp3) is 0.778. The van der Waals surface area contributed by atoms with E-state index in [0.717, 1.165) is 0 Å². The van der Waals surface area contributed by atoms with E-state index in [9.17, 15) is 9.59 Å². The number of rotatable bonds is 0. The second kappa shape index (κ2) is 3.24. The number of likely N-dealkylation sites (N-methyl/N-ethyl adjacent to an activating group) is 1. The maximum Gasteiger partial charge on any atom is 0.248 e. The van der Waals surface area contributed by atoms with Gasteiger partial charge in [-0.15, -0.1) is 0 Å². The van der Waals surface area contributed by atoms with Crippen LogP contribution in [0.4, 0.5) is 0 Å². The van der Waals surface area contributed by atoms with Crippen LogP contribution in [0.5, 0.6) is 0 Å². The number of likely N-dealkylation sites (tertiary alicyclic amines) is 1. The molecule has 2 rings (SSSR count). The molecule has 0 aromatic rings. The van der Waals surface area contributed by atoms with Gasteiger partial charge >= 0.3 is 0 Å². The first-order valence-electron chi connectivity index (χ1n) is 4.72. The van der Waals surface area contributed by atoms with E-state index in [2.05, 4.69) is 0 Å². The van der Waals surface area contributed by atoms with E-state index in [1.165, 1.54) is 0 Å². The van der Waals surface area contributed by atoms with Gasteiger partial charge in [-0.2, -0.15) is 0 Å². The molecule has 2 aliphatic rings. The predicted octanol–water partition coefficient (Wildman–Crippen LogP) is -0.926. The molecule has 0 aromatic carbocycles. The molecule has 5 heteroatoms. The second-order valence-electron chi connectivity index (χ2n) is 3.85. The molecule has 14 heavy (non-hydrogen) atoms. The molecule has 2 aliphatic heterocycles. The highest BCUT2D eigenvalue weighted by atomic mass is 16.5. The Morgan fingerprint density at radius 1 is 1.50 bits per heavy atom. The predicted molar refractivity (Wildman–Crippen MR) is 48.6 cm³/mol. The van der Waals surface area contributed by atoms with Crippen molar-refractivity contribution in [3.05, 3.63) is 0 Å². The number of nitrogens with zero attached hydrogens (tertiary/aromatic N) is 2. The summed E-state index contributed by atoms with van der Waals surface area (Å²) in [4.78, 5) is 25.9. The summed E-state index contributed by atoms with van der Waals surface area (Å²) in [6.07, 6.45) is 0.00148. The van der Waals surface area contributed by atoms with Crippen LogP contribution in [0.1, 0.15) is 6.92 Å². The third-order valence-electron chi connectivity index (χ3n) is 2.99. The molecule has 0 unspecified atom stereocenters. The number of carbonyl (C=O) groups is 2. The lowest BCUT2D eigenvalue weighted by atomic mass is 10.1. The van der Waals surface area contributed by atoms with Crippen LogP contribution in [-0.2, 0) is 14.3 Å². The largest absolute Gasteiger partial charge is 0.364 e. The molecule has 0 aromatic heterocycles. The Kier molecular flexibility index (Phi) is 2.19. The molecule has 2 fully saturated rings. The van der Waals surface area contributed by atoms with Gasteiger partial charge in [0.2, 0.25) is 11.8 Å². The van der Waals surface area contributed by atoms with Gasteiger partial charge in [0.1, 0.15) is 6.61 Å². The van der Waals surface area contributed by atoms with E-state index in [1.54, 1.807) is 23.8 Å². The summed E-state index contributed by atoms with van der Waals surface area (Å²) < 4.78 is 5.38. The lowest BCUT2D eigenvalue weighted by molar-refractivity contribution is -0.150. The number of amides is 2. The number of morpholine rings is 1. The molecule has 0 spiro atoms. The second-order valence-corrected chi connectivity index (χ2v) is 3.85. The summed E-state index contributed by atoms with van der Waals surface area (Å²) in [7, 11) is 1.77. The van der Waals surface area contributed by atoms with Crippen molar-refractivity contribution in [3.8, 4) is 0 Å². The van der Waals surface area contributed by atoms with Crippen molar-refractivity contribution in [2.24, 2.45) is 0 Å². The van der Waals surface area contributed by atoms with Crippen molar-refractivity contribution in [1.82, 2.24) is 9.80 Å². The number of hydrogen-bond acceptors (Lipinski definition) is 3.